The molecular formula is C15H15NO4. The Hall–Kier alpha value is -2.56. The lowest BCUT2D eigenvalue weighted by Crippen LogP contribution is -2.18. The Balaban J connectivity index is 2.01. The van der Waals surface area contributed by atoms with Crippen LogP contribution in [0.4, 0.5) is 5.69 Å². The third kappa shape index (κ3) is 3.71. The molecule has 1 aromatic carbocycles. The lowest BCUT2D eigenvalue weighted by molar-refractivity contribution is -0.145. The number of esters is 1. The van der Waals surface area contributed by atoms with Gasteiger partial charge in [-0.15, -0.1) is 0 Å². The normalized spacial score (nSPS) is 10.1. The van der Waals surface area contributed by atoms with Crippen molar-refractivity contribution in [3.63, 3.8) is 0 Å². The van der Waals surface area contributed by atoms with Crippen LogP contribution in [0, 0.1) is 0 Å². The Kier molecular flexibility index (Phi) is 4.55. The first-order valence-corrected chi connectivity index (χ1v) is 6.27. The molecule has 0 aliphatic rings. The molecule has 5 nitrogen and oxygen atoms in total. The molecule has 2 aromatic rings. The van der Waals surface area contributed by atoms with Gasteiger partial charge in [-0.1, -0.05) is 12.1 Å². The van der Waals surface area contributed by atoms with E-state index in [2.05, 4.69) is 5.32 Å². The molecule has 0 fully saturated rings. The van der Waals surface area contributed by atoms with E-state index in [4.69, 9.17) is 9.15 Å². The van der Waals surface area contributed by atoms with Gasteiger partial charge in [-0.05, 0) is 30.7 Å². The molecular weight excluding hydrogens is 258 g/mol. The van der Waals surface area contributed by atoms with E-state index in [1.54, 1.807) is 25.5 Å². The molecule has 0 saturated carbocycles. The minimum absolute atomic E-state index is 0.266. The second kappa shape index (κ2) is 6.56. The Morgan fingerprint density at radius 1 is 1.25 bits per heavy atom. The average molecular weight is 273 g/mol. The molecule has 1 amide bonds. The molecule has 0 spiro atoms. The first-order chi connectivity index (χ1) is 9.69. The van der Waals surface area contributed by atoms with E-state index in [1.165, 1.54) is 0 Å². The summed E-state index contributed by atoms with van der Waals surface area (Å²) >= 11 is 0. The molecule has 5 heteroatoms. The van der Waals surface area contributed by atoms with Crippen molar-refractivity contribution in [1.29, 1.82) is 0 Å². The number of nitrogens with one attached hydrogen (secondary N) is 1. The third-order valence-electron chi connectivity index (χ3n) is 2.61. The maximum absolute atomic E-state index is 11.7. The van der Waals surface area contributed by atoms with E-state index in [0.717, 1.165) is 11.1 Å². The molecule has 0 aliphatic heterocycles. The van der Waals surface area contributed by atoms with Crippen molar-refractivity contribution in [2.45, 2.75) is 13.3 Å². The van der Waals surface area contributed by atoms with Crippen molar-refractivity contribution in [2.24, 2.45) is 0 Å². The summed E-state index contributed by atoms with van der Waals surface area (Å²) in [6, 6.07) is 9.13. The van der Waals surface area contributed by atoms with Gasteiger partial charge in [0, 0.05) is 11.3 Å². The van der Waals surface area contributed by atoms with Crippen LogP contribution in [0.3, 0.4) is 0 Å². The molecule has 1 aromatic heterocycles. The zero-order chi connectivity index (χ0) is 14.4. The van der Waals surface area contributed by atoms with Gasteiger partial charge in [0.1, 0.15) is 6.42 Å². The van der Waals surface area contributed by atoms with E-state index in [1.807, 2.05) is 24.3 Å². The van der Waals surface area contributed by atoms with E-state index in [9.17, 15) is 9.59 Å². The molecule has 0 unspecified atom stereocenters. The number of benzene rings is 1. The molecule has 0 bridgehead atoms. The number of rotatable bonds is 5. The number of anilines is 1. The molecule has 1 heterocycles. The molecule has 0 saturated heterocycles. The van der Waals surface area contributed by atoms with Crippen molar-refractivity contribution in [3.05, 3.63) is 42.9 Å². The highest BCUT2D eigenvalue weighted by Crippen LogP contribution is 2.22. The van der Waals surface area contributed by atoms with E-state index in [-0.39, 0.29) is 13.0 Å². The number of carbonyl (C=O) groups excluding carboxylic acids is 2. The number of hydrogen-bond donors (Lipinski definition) is 1. The van der Waals surface area contributed by atoms with Crippen LogP contribution in [0.1, 0.15) is 13.3 Å². The first-order valence-electron chi connectivity index (χ1n) is 6.27. The van der Waals surface area contributed by atoms with Crippen molar-refractivity contribution in [1.82, 2.24) is 0 Å². The summed E-state index contributed by atoms with van der Waals surface area (Å²) in [5.74, 6) is -0.927. The highest BCUT2D eigenvalue weighted by atomic mass is 16.5. The third-order valence-corrected chi connectivity index (χ3v) is 2.61. The quantitative estimate of drug-likeness (QED) is 0.672. The topological polar surface area (TPSA) is 68.5 Å². The summed E-state index contributed by atoms with van der Waals surface area (Å²) < 4.78 is 9.74. The number of furan rings is 1. The van der Waals surface area contributed by atoms with Crippen molar-refractivity contribution in [2.75, 3.05) is 11.9 Å². The van der Waals surface area contributed by atoms with Crippen LogP contribution in [0.15, 0.2) is 47.3 Å². The Bertz CT molecular complexity index is 590. The molecule has 0 aliphatic carbocycles. The van der Waals surface area contributed by atoms with Gasteiger partial charge in [-0.3, -0.25) is 9.59 Å². The lowest BCUT2D eigenvalue weighted by Gasteiger charge is -2.06. The summed E-state index contributed by atoms with van der Waals surface area (Å²) in [7, 11) is 0. The van der Waals surface area contributed by atoms with Crippen molar-refractivity contribution in [3.8, 4) is 11.1 Å². The van der Waals surface area contributed by atoms with E-state index >= 15 is 0 Å². The van der Waals surface area contributed by atoms with Gasteiger partial charge in [0.15, 0.2) is 0 Å². The summed E-state index contributed by atoms with van der Waals surface area (Å²) in [5, 5.41) is 2.66. The Morgan fingerprint density at radius 2 is 2.10 bits per heavy atom. The fourth-order valence-corrected chi connectivity index (χ4v) is 1.75. The number of carbonyl (C=O) groups is 2. The molecule has 20 heavy (non-hydrogen) atoms. The fraction of sp³-hybridized carbons (Fsp3) is 0.200. The number of hydrogen-bond acceptors (Lipinski definition) is 4. The van der Waals surface area contributed by atoms with Crippen molar-refractivity contribution < 1.29 is 18.7 Å². The van der Waals surface area contributed by atoms with Gasteiger partial charge in [-0.2, -0.15) is 0 Å². The second-order valence-corrected chi connectivity index (χ2v) is 4.12. The van der Waals surface area contributed by atoms with E-state index < -0.39 is 11.9 Å². The molecule has 104 valence electrons. The van der Waals surface area contributed by atoms with Crippen LogP contribution in [-0.2, 0) is 14.3 Å². The SMILES string of the molecule is CCOC(=O)CC(=O)Nc1cccc(-c2ccoc2)c1. The molecule has 0 atom stereocenters. The molecule has 2 rings (SSSR count). The highest BCUT2D eigenvalue weighted by molar-refractivity contribution is 6.02. The van der Waals surface area contributed by atoms with Crippen LogP contribution in [0.25, 0.3) is 11.1 Å². The van der Waals surface area contributed by atoms with Gasteiger partial charge >= 0.3 is 5.97 Å². The summed E-state index contributed by atoms with van der Waals surface area (Å²) in [6.45, 7) is 1.96. The predicted molar refractivity (Wildman–Crippen MR) is 74.0 cm³/mol. The standard InChI is InChI=1S/C15H15NO4/c1-2-20-15(18)9-14(17)16-13-5-3-4-11(8-13)12-6-7-19-10-12/h3-8,10H,2,9H2,1H3,(H,16,17). The van der Waals surface area contributed by atoms with Crippen LogP contribution in [0.2, 0.25) is 0 Å². The molecule has 1 N–H and O–H groups in total. The Morgan fingerprint density at radius 3 is 2.80 bits per heavy atom. The van der Waals surface area contributed by atoms with Gasteiger partial charge in [-0.25, -0.2) is 0 Å². The van der Waals surface area contributed by atoms with Gasteiger partial charge in [0.25, 0.3) is 0 Å². The predicted octanol–water partition coefficient (Wildman–Crippen LogP) is 2.84. The van der Waals surface area contributed by atoms with Gasteiger partial charge in [0.05, 0.1) is 19.1 Å². The zero-order valence-electron chi connectivity index (χ0n) is 11.1. The van der Waals surface area contributed by atoms with Gasteiger partial charge < -0.3 is 14.5 Å². The smallest absolute Gasteiger partial charge is 0.315 e. The lowest BCUT2D eigenvalue weighted by atomic mass is 10.1. The minimum atomic E-state index is -0.531. The minimum Gasteiger partial charge on any atom is -0.472 e. The van der Waals surface area contributed by atoms with Gasteiger partial charge in [0.2, 0.25) is 5.91 Å². The second-order valence-electron chi connectivity index (χ2n) is 4.12. The fourth-order valence-electron chi connectivity index (χ4n) is 1.75. The number of amides is 1. The maximum Gasteiger partial charge on any atom is 0.315 e. The number of ether oxygens (including phenoxy) is 1. The monoisotopic (exact) mass is 273 g/mol. The Labute approximate surface area is 116 Å². The van der Waals surface area contributed by atoms with Crippen LogP contribution < -0.4 is 5.32 Å². The van der Waals surface area contributed by atoms with E-state index in [0.29, 0.717) is 5.69 Å². The summed E-state index contributed by atoms with van der Waals surface area (Å²) in [6.07, 6.45) is 2.92. The first kappa shape index (κ1) is 13.9. The largest absolute Gasteiger partial charge is 0.472 e. The average Bonchev–Trinajstić information content (AvgIpc) is 2.92. The molecule has 0 radical (unpaired) electrons. The summed E-state index contributed by atoms with van der Waals surface area (Å²) in [4.78, 5) is 22.9. The van der Waals surface area contributed by atoms with Crippen LogP contribution in [-0.4, -0.2) is 18.5 Å². The highest BCUT2D eigenvalue weighted by Gasteiger charge is 2.10. The zero-order valence-corrected chi connectivity index (χ0v) is 11.1. The maximum atomic E-state index is 11.7. The van der Waals surface area contributed by atoms with Crippen molar-refractivity contribution >= 4 is 17.6 Å². The van der Waals surface area contributed by atoms with Crippen LogP contribution in [0.5, 0.6) is 0 Å². The van der Waals surface area contributed by atoms with Crippen LogP contribution >= 0.6 is 0 Å². The summed E-state index contributed by atoms with van der Waals surface area (Å²) in [5.41, 5.74) is 2.47.